The number of hydrogen-bond donors (Lipinski definition) is 2. The monoisotopic (exact) mass is 247 g/mol. The van der Waals surface area contributed by atoms with Crippen LogP contribution in [-0.2, 0) is 0 Å². The summed E-state index contributed by atoms with van der Waals surface area (Å²) in [4.78, 5) is 16.1. The Morgan fingerprint density at radius 2 is 2.28 bits per heavy atom. The predicted octanol–water partition coefficient (Wildman–Crippen LogP) is 2.43. The Kier molecular flexibility index (Phi) is 3.84. The van der Waals surface area contributed by atoms with Crippen molar-refractivity contribution >= 4 is 11.6 Å². The molecule has 0 atom stereocenters. The lowest BCUT2D eigenvalue weighted by Crippen LogP contribution is -2.41. The highest BCUT2D eigenvalue weighted by atomic mass is 16.1. The highest BCUT2D eigenvalue weighted by Crippen LogP contribution is 2.43. The Hall–Kier alpha value is -1.58. The fourth-order valence-electron chi connectivity index (χ4n) is 2.40. The number of aromatic nitrogens is 1. The molecule has 1 aromatic heterocycles. The van der Waals surface area contributed by atoms with Gasteiger partial charge < -0.3 is 10.6 Å². The zero-order chi connectivity index (χ0) is 13.0. The van der Waals surface area contributed by atoms with E-state index in [2.05, 4.69) is 22.5 Å². The summed E-state index contributed by atoms with van der Waals surface area (Å²) in [6.45, 7) is 2.97. The third-order valence-electron chi connectivity index (χ3n) is 4.07. The van der Waals surface area contributed by atoms with Gasteiger partial charge in [0.05, 0.1) is 0 Å². The van der Waals surface area contributed by atoms with E-state index in [1.165, 1.54) is 19.3 Å². The Bertz CT molecular complexity index is 421. The van der Waals surface area contributed by atoms with Gasteiger partial charge in [0.1, 0.15) is 5.69 Å². The van der Waals surface area contributed by atoms with Crippen molar-refractivity contribution in [2.75, 3.05) is 18.9 Å². The third-order valence-corrected chi connectivity index (χ3v) is 4.07. The van der Waals surface area contributed by atoms with Crippen LogP contribution in [0.1, 0.15) is 43.1 Å². The summed E-state index contributed by atoms with van der Waals surface area (Å²) in [6, 6.07) is 3.62. The maximum absolute atomic E-state index is 12.0. The van der Waals surface area contributed by atoms with Gasteiger partial charge in [-0.1, -0.05) is 13.3 Å². The average Bonchev–Trinajstić information content (AvgIpc) is 2.38. The van der Waals surface area contributed by atoms with Crippen LogP contribution in [0.2, 0.25) is 0 Å². The van der Waals surface area contributed by atoms with Crippen molar-refractivity contribution in [2.24, 2.45) is 5.41 Å². The summed E-state index contributed by atoms with van der Waals surface area (Å²) in [5, 5.41) is 6.02. The van der Waals surface area contributed by atoms with Crippen molar-refractivity contribution in [3.8, 4) is 0 Å². The smallest absolute Gasteiger partial charge is 0.269 e. The van der Waals surface area contributed by atoms with E-state index in [0.717, 1.165) is 18.7 Å². The van der Waals surface area contributed by atoms with Gasteiger partial charge in [-0.05, 0) is 36.8 Å². The largest absolute Gasteiger partial charge is 0.388 e. The predicted molar refractivity (Wildman–Crippen MR) is 72.7 cm³/mol. The number of hydrogen-bond acceptors (Lipinski definition) is 3. The Labute approximate surface area is 108 Å². The number of nitrogens with zero attached hydrogens (tertiary/aromatic N) is 1. The molecule has 1 aliphatic rings. The van der Waals surface area contributed by atoms with Gasteiger partial charge in [-0.25, -0.2) is 0 Å². The summed E-state index contributed by atoms with van der Waals surface area (Å²) in [5.74, 6) is -0.0770. The summed E-state index contributed by atoms with van der Waals surface area (Å²) in [5.41, 5.74) is 1.73. The molecule has 1 saturated carbocycles. The molecule has 2 N–H and O–H groups in total. The minimum atomic E-state index is -0.0770. The summed E-state index contributed by atoms with van der Waals surface area (Å²) >= 11 is 0. The van der Waals surface area contributed by atoms with Crippen LogP contribution >= 0.6 is 0 Å². The lowest BCUT2D eigenvalue weighted by molar-refractivity contribution is 0.0845. The molecule has 18 heavy (non-hydrogen) atoms. The SMILES string of the molecule is CCC1(CNC(=O)c2cc(NC)ccn2)CCC1. The van der Waals surface area contributed by atoms with E-state index in [4.69, 9.17) is 0 Å². The van der Waals surface area contributed by atoms with Crippen molar-refractivity contribution in [3.63, 3.8) is 0 Å². The van der Waals surface area contributed by atoms with Gasteiger partial charge in [-0.3, -0.25) is 9.78 Å². The van der Waals surface area contributed by atoms with Gasteiger partial charge in [-0.15, -0.1) is 0 Å². The van der Waals surface area contributed by atoms with Crippen LogP contribution in [-0.4, -0.2) is 24.5 Å². The van der Waals surface area contributed by atoms with Gasteiger partial charge in [-0.2, -0.15) is 0 Å². The number of rotatable bonds is 5. The van der Waals surface area contributed by atoms with Crippen LogP contribution in [0.5, 0.6) is 0 Å². The standard InChI is InChI=1S/C14H21N3O/c1-3-14(6-4-7-14)10-17-13(18)12-9-11(15-2)5-8-16-12/h5,8-9H,3-4,6-7,10H2,1-2H3,(H,15,16)(H,17,18). The van der Waals surface area contributed by atoms with Gasteiger partial charge in [0.2, 0.25) is 0 Å². The first kappa shape index (κ1) is 12.9. The van der Waals surface area contributed by atoms with Crippen molar-refractivity contribution < 1.29 is 4.79 Å². The minimum absolute atomic E-state index is 0.0770. The number of carbonyl (C=O) groups is 1. The zero-order valence-electron chi connectivity index (χ0n) is 11.1. The van der Waals surface area contributed by atoms with E-state index in [1.54, 1.807) is 12.3 Å². The molecule has 1 amide bonds. The first-order valence-electron chi connectivity index (χ1n) is 6.61. The van der Waals surface area contributed by atoms with Crippen LogP contribution < -0.4 is 10.6 Å². The molecule has 0 radical (unpaired) electrons. The summed E-state index contributed by atoms with van der Waals surface area (Å²) in [6.07, 6.45) is 6.54. The van der Waals surface area contributed by atoms with E-state index in [1.807, 2.05) is 13.1 Å². The molecule has 2 rings (SSSR count). The second-order valence-electron chi connectivity index (χ2n) is 5.07. The van der Waals surface area contributed by atoms with E-state index < -0.39 is 0 Å². The Morgan fingerprint density at radius 3 is 2.83 bits per heavy atom. The second-order valence-corrected chi connectivity index (χ2v) is 5.07. The van der Waals surface area contributed by atoms with Crippen molar-refractivity contribution in [1.29, 1.82) is 0 Å². The van der Waals surface area contributed by atoms with E-state index in [0.29, 0.717) is 11.1 Å². The molecule has 0 bridgehead atoms. The van der Waals surface area contributed by atoms with Crippen LogP contribution in [0.25, 0.3) is 0 Å². The summed E-state index contributed by atoms with van der Waals surface area (Å²) < 4.78 is 0. The molecule has 0 unspecified atom stereocenters. The normalized spacial score (nSPS) is 16.8. The van der Waals surface area contributed by atoms with Crippen LogP contribution in [0.4, 0.5) is 5.69 Å². The number of amides is 1. The molecule has 0 aliphatic heterocycles. The van der Waals surface area contributed by atoms with Crippen molar-refractivity contribution in [2.45, 2.75) is 32.6 Å². The molecular formula is C14H21N3O. The van der Waals surface area contributed by atoms with Crippen molar-refractivity contribution in [1.82, 2.24) is 10.3 Å². The number of carbonyl (C=O) groups excluding carboxylic acids is 1. The second kappa shape index (κ2) is 5.38. The Balaban J connectivity index is 1.95. The van der Waals surface area contributed by atoms with Gasteiger partial charge >= 0.3 is 0 Å². The molecule has 4 heteroatoms. The molecule has 0 saturated heterocycles. The highest BCUT2D eigenvalue weighted by Gasteiger charge is 2.35. The fourth-order valence-corrected chi connectivity index (χ4v) is 2.40. The Morgan fingerprint density at radius 1 is 1.50 bits per heavy atom. The molecule has 1 heterocycles. The van der Waals surface area contributed by atoms with Crippen molar-refractivity contribution in [3.05, 3.63) is 24.0 Å². The third kappa shape index (κ3) is 2.63. The van der Waals surface area contributed by atoms with Crippen LogP contribution in [0.15, 0.2) is 18.3 Å². The molecule has 0 spiro atoms. The van der Waals surface area contributed by atoms with E-state index in [9.17, 15) is 4.79 Å². The van der Waals surface area contributed by atoms with Crippen LogP contribution in [0, 0.1) is 5.41 Å². The highest BCUT2D eigenvalue weighted by molar-refractivity contribution is 5.93. The zero-order valence-corrected chi connectivity index (χ0v) is 11.1. The van der Waals surface area contributed by atoms with E-state index >= 15 is 0 Å². The van der Waals surface area contributed by atoms with Gasteiger partial charge in [0.25, 0.3) is 5.91 Å². The fraction of sp³-hybridized carbons (Fsp3) is 0.571. The molecular weight excluding hydrogens is 226 g/mol. The quantitative estimate of drug-likeness (QED) is 0.840. The van der Waals surface area contributed by atoms with Gasteiger partial charge in [0.15, 0.2) is 0 Å². The van der Waals surface area contributed by atoms with E-state index in [-0.39, 0.29) is 5.91 Å². The minimum Gasteiger partial charge on any atom is -0.388 e. The number of anilines is 1. The topological polar surface area (TPSA) is 54.0 Å². The maximum atomic E-state index is 12.0. The molecule has 1 fully saturated rings. The molecule has 1 aliphatic carbocycles. The summed E-state index contributed by atoms with van der Waals surface area (Å²) in [7, 11) is 1.83. The van der Waals surface area contributed by atoms with Crippen LogP contribution in [0.3, 0.4) is 0 Å². The maximum Gasteiger partial charge on any atom is 0.269 e. The molecule has 1 aromatic rings. The number of nitrogens with one attached hydrogen (secondary N) is 2. The molecule has 98 valence electrons. The molecule has 4 nitrogen and oxygen atoms in total. The lowest BCUT2D eigenvalue weighted by Gasteiger charge is -2.41. The van der Waals surface area contributed by atoms with Gasteiger partial charge in [0, 0.05) is 25.5 Å². The first-order valence-corrected chi connectivity index (χ1v) is 6.61. The average molecular weight is 247 g/mol. The number of pyridine rings is 1. The first-order chi connectivity index (χ1) is 8.69. The lowest BCUT2D eigenvalue weighted by atomic mass is 9.67. The molecule has 0 aromatic carbocycles.